The molecule has 0 aliphatic carbocycles. The molecule has 4 rings (SSSR count). The molecule has 2 fully saturated rings. The molecule has 1 N–H and O–H groups in total. The van der Waals surface area contributed by atoms with Crippen LogP contribution in [0.3, 0.4) is 0 Å². The predicted octanol–water partition coefficient (Wildman–Crippen LogP) is 1.02. The van der Waals surface area contributed by atoms with Crippen LogP contribution < -0.4 is 10.1 Å². The zero-order valence-electron chi connectivity index (χ0n) is 20.2. The van der Waals surface area contributed by atoms with E-state index in [1.807, 2.05) is 20.8 Å². The third-order valence-corrected chi connectivity index (χ3v) is 6.11. The fourth-order valence-electron chi connectivity index (χ4n) is 4.31. The number of hydrogen-bond acceptors (Lipinski definition) is 8. The zero-order chi connectivity index (χ0) is 25.3. The number of fused-ring (bicyclic) bond motifs is 1. The molecule has 1 atom stereocenters. The molecule has 3 aliphatic rings. The molecule has 3 aliphatic heterocycles. The van der Waals surface area contributed by atoms with E-state index >= 15 is 0 Å². The number of nitrogens with zero attached hydrogens (tertiary/aromatic N) is 3. The standard InChI is InChI=1S/C24H30N4O7/c1-24(2,3)35-23(33)27-10-8-26(9-11-27)12-13-34-15-4-5-16-17(14-15)22(32)28(21(16)31)18-6-7-19(29)25-20(18)30/h4-5,14,18H,6-13H2,1-3H3,(H,25,29,30). The van der Waals surface area contributed by atoms with E-state index < -0.39 is 35.3 Å². The van der Waals surface area contributed by atoms with Crippen LogP contribution in [0.1, 0.15) is 54.3 Å². The fourth-order valence-corrected chi connectivity index (χ4v) is 4.31. The maximum absolute atomic E-state index is 12.9. The maximum Gasteiger partial charge on any atom is 0.410 e. The van der Waals surface area contributed by atoms with Gasteiger partial charge in [0.05, 0.1) is 11.1 Å². The molecule has 2 saturated heterocycles. The summed E-state index contributed by atoms with van der Waals surface area (Å²) in [7, 11) is 0. The number of carbonyl (C=O) groups is 5. The molecule has 11 heteroatoms. The summed E-state index contributed by atoms with van der Waals surface area (Å²) in [4.78, 5) is 66.3. The summed E-state index contributed by atoms with van der Waals surface area (Å²) in [6, 6.07) is 3.67. The largest absolute Gasteiger partial charge is 0.492 e. The Morgan fingerprint density at radius 3 is 2.37 bits per heavy atom. The van der Waals surface area contributed by atoms with Crippen LogP contribution in [0.15, 0.2) is 18.2 Å². The van der Waals surface area contributed by atoms with Crippen molar-refractivity contribution in [2.45, 2.75) is 45.3 Å². The number of piperidine rings is 1. The van der Waals surface area contributed by atoms with E-state index in [4.69, 9.17) is 9.47 Å². The SMILES string of the molecule is CC(C)(C)OC(=O)N1CCN(CCOc2ccc3c(c2)C(=O)N(C2CCC(=O)NC2=O)C3=O)CC1. The van der Waals surface area contributed by atoms with Crippen LogP contribution in [-0.4, -0.2) is 95.4 Å². The lowest BCUT2D eigenvalue weighted by atomic mass is 10.0. The Morgan fingerprint density at radius 2 is 1.71 bits per heavy atom. The Morgan fingerprint density at radius 1 is 1.03 bits per heavy atom. The first kappa shape index (κ1) is 24.6. The maximum atomic E-state index is 12.9. The molecular weight excluding hydrogens is 456 g/mol. The van der Waals surface area contributed by atoms with Crippen molar-refractivity contribution >= 4 is 29.7 Å². The topological polar surface area (TPSA) is 126 Å². The molecule has 1 unspecified atom stereocenters. The molecule has 0 saturated carbocycles. The first-order valence-corrected chi connectivity index (χ1v) is 11.7. The number of imide groups is 2. The molecule has 1 aromatic rings. The van der Waals surface area contributed by atoms with E-state index in [0.717, 1.165) is 4.90 Å². The Balaban J connectivity index is 1.29. The van der Waals surface area contributed by atoms with Gasteiger partial charge in [0.15, 0.2) is 0 Å². The number of nitrogens with one attached hydrogen (secondary N) is 1. The third kappa shape index (κ3) is 5.45. The number of amides is 5. The van der Waals surface area contributed by atoms with Crippen molar-refractivity contribution in [3.8, 4) is 5.75 Å². The van der Waals surface area contributed by atoms with Crippen LogP contribution in [0.25, 0.3) is 0 Å². The van der Waals surface area contributed by atoms with Crippen molar-refractivity contribution in [1.29, 1.82) is 0 Å². The van der Waals surface area contributed by atoms with Crippen molar-refractivity contribution in [3.05, 3.63) is 29.3 Å². The van der Waals surface area contributed by atoms with Gasteiger partial charge in [0, 0.05) is 39.1 Å². The molecular formula is C24H30N4O7. The molecule has 0 radical (unpaired) electrons. The van der Waals surface area contributed by atoms with E-state index in [1.165, 1.54) is 12.1 Å². The molecule has 0 spiro atoms. The summed E-state index contributed by atoms with van der Waals surface area (Å²) in [5.41, 5.74) is -0.128. The first-order valence-electron chi connectivity index (χ1n) is 11.7. The van der Waals surface area contributed by atoms with E-state index in [-0.39, 0.29) is 30.1 Å². The minimum Gasteiger partial charge on any atom is -0.492 e. The van der Waals surface area contributed by atoms with Crippen molar-refractivity contribution < 1.29 is 33.4 Å². The van der Waals surface area contributed by atoms with Gasteiger partial charge < -0.3 is 14.4 Å². The molecule has 0 bridgehead atoms. The molecule has 1 aromatic carbocycles. The van der Waals surface area contributed by atoms with Gasteiger partial charge in [-0.05, 0) is 45.4 Å². The molecule has 3 heterocycles. The van der Waals surface area contributed by atoms with Gasteiger partial charge in [-0.3, -0.25) is 34.3 Å². The smallest absolute Gasteiger partial charge is 0.410 e. The minimum absolute atomic E-state index is 0.0736. The van der Waals surface area contributed by atoms with Crippen molar-refractivity contribution in [1.82, 2.24) is 20.0 Å². The minimum atomic E-state index is -0.996. The molecule has 11 nitrogen and oxygen atoms in total. The summed E-state index contributed by atoms with van der Waals surface area (Å²) in [6.45, 7) is 9.05. The van der Waals surface area contributed by atoms with Gasteiger partial charge in [0.2, 0.25) is 11.8 Å². The Labute approximate surface area is 203 Å². The zero-order valence-corrected chi connectivity index (χ0v) is 20.2. The van der Waals surface area contributed by atoms with Crippen molar-refractivity contribution in [2.24, 2.45) is 0 Å². The van der Waals surface area contributed by atoms with Gasteiger partial charge in [-0.15, -0.1) is 0 Å². The van der Waals surface area contributed by atoms with Gasteiger partial charge in [-0.25, -0.2) is 4.79 Å². The number of carbonyl (C=O) groups excluding carboxylic acids is 5. The Hall–Kier alpha value is -3.47. The highest BCUT2D eigenvalue weighted by Crippen LogP contribution is 2.30. The number of ether oxygens (including phenoxy) is 2. The fraction of sp³-hybridized carbons (Fsp3) is 0.542. The molecule has 188 valence electrons. The van der Waals surface area contributed by atoms with Crippen molar-refractivity contribution in [2.75, 3.05) is 39.3 Å². The van der Waals surface area contributed by atoms with Crippen LogP contribution in [-0.2, 0) is 14.3 Å². The highest BCUT2D eigenvalue weighted by molar-refractivity contribution is 6.23. The third-order valence-electron chi connectivity index (χ3n) is 6.11. The highest BCUT2D eigenvalue weighted by atomic mass is 16.6. The first-order chi connectivity index (χ1) is 16.5. The summed E-state index contributed by atoms with van der Waals surface area (Å²) < 4.78 is 11.2. The molecule has 5 amide bonds. The average Bonchev–Trinajstić information content (AvgIpc) is 3.03. The monoisotopic (exact) mass is 486 g/mol. The lowest BCUT2D eigenvalue weighted by molar-refractivity contribution is -0.136. The normalized spacial score (nSPS) is 21.2. The van der Waals surface area contributed by atoms with E-state index in [0.29, 0.717) is 45.1 Å². The van der Waals surface area contributed by atoms with Crippen LogP contribution in [0, 0.1) is 0 Å². The Kier molecular flexibility index (Phi) is 6.79. The van der Waals surface area contributed by atoms with Gasteiger partial charge in [-0.2, -0.15) is 0 Å². The van der Waals surface area contributed by atoms with Gasteiger partial charge in [0.1, 0.15) is 24.0 Å². The summed E-state index contributed by atoms with van der Waals surface area (Å²) in [5.74, 6) is -1.72. The summed E-state index contributed by atoms with van der Waals surface area (Å²) in [5, 5.41) is 2.18. The van der Waals surface area contributed by atoms with Crippen LogP contribution >= 0.6 is 0 Å². The number of hydrogen-bond donors (Lipinski definition) is 1. The van der Waals surface area contributed by atoms with Crippen LogP contribution in [0.5, 0.6) is 5.75 Å². The van der Waals surface area contributed by atoms with Crippen LogP contribution in [0.2, 0.25) is 0 Å². The van der Waals surface area contributed by atoms with Crippen molar-refractivity contribution in [3.63, 3.8) is 0 Å². The lowest BCUT2D eigenvalue weighted by Gasteiger charge is -2.35. The summed E-state index contributed by atoms with van der Waals surface area (Å²) in [6.07, 6.45) is -0.123. The number of benzene rings is 1. The highest BCUT2D eigenvalue weighted by Gasteiger charge is 2.44. The second-order valence-electron chi connectivity index (χ2n) is 9.81. The lowest BCUT2D eigenvalue weighted by Crippen LogP contribution is -2.54. The van der Waals surface area contributed by atoms with Gasteiger partial charge in [-0.1, -0.05) is 0 Å². The van der Waals surface area contributed by atoms with Gasteiger partial charge >= 0.3 is 6.09 Å². The summed E-state index contributed by atoms with van der Waals surface area (Å²) >= 11 is 0. The van der Waals surface area contributed by atoms with E-state index in [1.54, 1.807) is 11.0 Å². The van der Waals surface area contributed by atoms with E-state index in [2.05, 4.69) is 10.2 Å². The predicted molar refractivity (Wildman–Crippen MR) is 123 cm³/mol. The van der Waals surface area contributed by atoms with Gasteiger partial charge in [0.25, 0.3) is 11.8 Å². The number of piperazine rings is 1. The van der Waals surface area contributed by atoms with E-state index in [9.17, 15) is 24.0 Å². The average molecular weight is 487 g/mol. The molecule has 35 heavy (non-hydrogen) atoms. The number of rotatable bonds is 5. The molecule has 0 aromatic heterocycles. The second-order valence-corrected chi connectivity index (χ2v) is 9.81. The Bertz CT molecular complexity index is 1060. The second kappa shape index (κ2) is 9.65. The quantitative estimate of drug-likeness (QED) is 0.612. The van der Waals surface area contributed by atoms with Crippen LogP contribution in [0.4, 0.5) is 4.79 Å².